The first kappa shape index (κ1) is 10.0. The average molecular weight is 340 g/mol. The topological polar surface area (TPSA) is 51.6 Å². The van der Waals surface area contributed by atoms with Gasteiger partial charge in [-0.3, -0.25) is 9.97 Å². The van der Waals surface area contributed by atoms with E-state index in [1.807, 2.05) is 18.2 Å². The molecule has 78 valence electrons. The Bertz CT molecular complexity index is 652. The molecule has 0 unspecified atom stereocenters. The predicted octanol–water partition coefficient (Wildman–Crippen LogP) is 2.75. The summed E-state index contributed by atoms with van der Waals surface area (Å²) in [5, 5.41) is 0. The lowest BCUT2D eigenvalue weighted by Crippen LogP contribution is -1.85. The highest BCUT2D eigenvalue weighted by Gasteiger charge is 2.06. The molecule has 1 aromatic carbocycles. The molecule has 0 aliphatic carbocycles. The molecule has 0 radical (unpaired) electrons. The van der Waals surface area contributed by atoms with Gasteiger partial charge in [0, 0.05) is 18.0 Å². The second kappa shape index (κ2) is 4.02. The highest BCUT2D eigenvalue weighted by Crippen LogP contribution is 2.21. The van der Waals surface area contributed by atoms with Crippen molar-refractivity contribution in [1.82, 2.24) is 19.3 Å². The van der Waals surface area contributed by atoms with E-state index in [1.54, 1.807) is 12.4 Å². The zero-order valence-corrected chi connectivity index (χ0v) is 10.9. The van der Waals surface area contributed by atoms with Gasteiger partial charge in [0.25, 0.3) is 0 Å². The Morgan fingerprint density at radius 2 is 1.88 bits per heavy atom. The van der Waals surface area contributed by atoms with Crippen LogP contribution in [0, 0.1) is 3.01 Å². The number of rotatable bonds is 1. The molecule has 0 spiro atoms. The van der Waals surface area contributed by atoms with Gasteiger partial charge in [-0.05, 0) is 52.3 Å². The Morgan fingerprint density at radius 3 is 2.62 bits per heavy atom. The molecule has 0 aliphatic heterocycles. The Morgan fingerprint density at radius 1 is 1.06 bits per heavy atom. The Balaban J connectivity index is 2.18. The van der Waals surface area contributed by atoms with Gasteiger partial charge >= 0.3 is 0 Å². The third-order valence-electron chi connectivity index (χ3n) is 2.13. The van der Waals surface area contributed by atoms with Crippen LogP contribution in [0.1, 0.15) is 0 Å². The van der Waals surface area contributed by atoms with E-state index in [0.29, 0.717) is 0 Å². The molecule has 0 amide bonds. The molecule has 0 N–H and O–H groups in total. The average Bonchev–Trinajstić information content (AvgIpc) is 2.75. The summed E-state index contributed by atoms with van der Waals surface area (Å²) in [5.41, 5.74) is 2.73. The normalized spacial score (nSPS) is 10.8. The van der Waals surface area contributed by atoms with Crippen LogP contribution in [0.25, 0.3) is 22.4 Å². The lowest BCUT2D eigenvalue weighted by molar-refractivity contribution is 1.27. The number of benzene rings is 1. The highest BCUT2D eigenvalue weighted by molar-refractivity contribution is 14.1. The number of hydrogen-bond acceptors (Lipinski definition) is 5. The van der Waals surface area contributed by atoms with Crippen molar-refractivity contribution in [2.24, 2.45) is 0 Å². The fraction of sp³-hybridized carbons (Fsp3) is 0. The van der Waals surface area contributed by atoms with Crippen LogP contribution in [0.15, 0.2) is 30.6 Å². The summed E-state index contributed by atoms with van der Waals surface area (Å²) < 4.78 is 5.20. The maximum absolute atomic E-state index is 4.33. The number of aromatic nitrogens is 4. The number of hydrogen-bond donors (Lipinski definition) is 0. The fourth-order valence-electron chi connectivity index (χ4n) is 1.42. The van der Waals surface area contributed by atoms with Crippen molar-refractivity contribution in [3.8, 4) is 11.4 Å². The fourth-order valence-corrected chi connectivity index (χ4v) is 2.38. The highest BCUT2D eigenvalue weighted by atomic mass is 127. The van der Waals surface area contributed by atoms with Crippen LogP contribution in [-0.2, 0) is 0 Å². The second-order valence-electron chi connectivity index (χ2n) is 3.13. The summed E-state index contributed by atoms with van der Waals surface area (Å²) in [7, 11) is 0. The molecule has 0 aliphatic rings. The molecular weight excluding hydrogens is 335 g/mol. The summed E-state index contributed by atoms with van der Waals surface area (Å²) in [6.45, 7) is 0. The molecule has 0 saturated carbocycles. The molecule has 0 atom stereocenters. The molecule has 3 aromatic rings. The summed E-state index contributed by atoms with van der Waals surface area (Å²) in [6, 6.07) is 5.86. The Labute approximate surface area is 109 Å². The van der Waals surface area contributed by atoms with Crippen molar-refractivity contribution in [1.29, 1.82) is 0 Å². The van der Waals surface area contributed by atoms with Gasteiger partial charge in [0.2, 0.25) is 0 Å². The van der Waals surface area contributed by atoms with Gasteiger partial charge in [-0.2, -0.15) is 4.37 Å². The number of nitrogens with zero attached hydrogens (tertiary/aromatic N) is 4. The van der Waals surface area contributed by atoms with E-state index in [0.717, 1.165) is 25.4 Å². The summed E-state index contributed by atoms with van der Waals surface area (Å²) in [4.78, 5) is 12.8. The van der Waals surface area contributed by atoms with Gasteiger partial charge in [0.05, 0.1) is 11.0 Å². The van der Waals surface area contributed by atoms with Gasteiger partial charge in [0.1, 0.15) is 0 Å². The first-order chi connectivity index (χ1) is 7.83. The first-order valence-electron chi connectivity index (χ1n) is 4.53. The van der Waals surface area contributed by atoms with Crippen LogP contribution in [0.4, 0.5) is 0 Å². The van der Waals surface area contributed by atoms with Crippen molar-refractivity contribution < 1.29 is 0 Å². The molecule has 0 bridgehead atoms. The monoisotopic (exact) mass is 340 g/mol. The molecular formula is C10H5IN4S. The molecule has 4 nitrogen and oxygen atoms in total. The van der Waals surface area contributed by atoms with Gasteiger partial charge in [0.15, 0.2) is 8.84 Å². The van der Waals surface area contributed by atoms with Crippen molar-refractivity contribution in [2.45, 2.75) is 0 Å². The van der Waals surface area contributed by atoms with E-state index in [1.165, 1.54) is 11.5 Å². The minimum absolute atomic E-state index is 0.752. The van der Waals surface area contributed by atoms with Gasteiger partial charge in [-0.1, -0.05) is 0 Å². The van der Waals surface area contributed by atoms with E-state index in [9.17, 15) is 0 Å². The third kappa shape index (κ3) is 1.78. The molecule has 0 saturated heterocycles. The summed E-state index contributed by atoms with van der Waals surface area (Å²) in [5.74, 6) is 0.752. The van der Waals surface area contributed by atoms with E-state index in [4.69, 9.17) is 0 Å². The Hall–Kier alpha value is -1.15. The molecule has 0 fully saturated rings. The number of fused-ring (bicyclic) bond motifs is 1. The zero-order valence-electron chi connectivity index (χ0n) is 7.96. The third-order valence-corrected chi connectivity index (χ3v) is 3.47. The van der Waals surface area contributed by atoms with Gasteiger partial charge in [-0.25, -0.2) is 4.98 Å². The lowest BCUT2D eigenvalue weighted by atomic mass is 10.2. The van der Waals surface area contributed by atoms with Crippen LogP contribution in [0.3, 0.4) is 0 Å². The standard InChI is InChI=1S/C10H5IN4S/c11-10-14-9(15-16-10)6-1-2-7-8(5-6)13-4-3-12-7/h1-5H. The molecule has 6 heteroatoms. The van der Waals surface area contributed by atoms with Crippen LogP contribution in [0.2, 0.25) is 0 Å². The SMILES string of the molecule is Ic1nc(-c2ccc3nccnc3c2)ns1. The van der Waals surface area contributed by atoms with Crippen LogP contribution < -0.4 is 0 Å². The largest absolute Gasteiger partial charge is 0.253 e. The molecule has 3 rings (SSSR count). The van der Waals surface area contributed by atoms with E-state index in [2.05, 4.69) is 41.9 Å². The second-order valence-corrected chi connectivity index (χ2v) is 5.64. The Kier molecular flexibility index (Phi) is 2.52. The number of halogens is 1. The van der Waals surface area contributed by atoms with E-state index < -0.39 is 0 Å². The molecule has 2 heterocycles. The lowest BCUT2D eigenvalue weighted by Gasteiger charge is -1.97. The first-order valence-corrected chi connectivity index (χ1v) is 6.38. The van der Waals surface area contributed by atoms with Crippen LogP contribution >= 0.6 is 34.1 Å². The predicted molar refractivity (Wildman–Crippen MR) is 71.2 cm³/mol. The molecule has 2 aromatic heterocycles. The quantitative estimate of drug-likeness (QED) is 0.639. The van der Waals surface area contributed by atoms with E-state index >= 15 is 0 Å². The zero-order chi connectivity index (χ0) is 11.0. The van der Waals surface area contributed by atoms with Crippen molar-refractivity contribution in [3.63, 3.8) is 0 Å². The molecule has 16 heavy (non-hydrogen) atoms. The van der Waals surface area contributed by atoms with Gasteiger partial charge < -0.3 is 0 Å². The maximum Gasteiger partial charge on any atom is 0.174 e. The van der Waals surface area contributed by atoms with Crippen LogP contribution in [0.5, 0.6) is 0 Å². The van der Waals surface area contributed by atoms with Gasteiger partial charge in [-0.15, -0.1) is 0 Å². The van der Waals surface area contributed by atoms with Crippen molar-refractivity contribution in [3.05, 3.63) is 33.6 Å². The van der Waals surface area contributed by atoms with Crippen molar-refractivity contribution >= 4 is 45.2 Å². The minimum atomic E-state index is 0.752. The summed E-state index contributed by atoms with van der Waals surface area (Å²) >= 11 is 3.56. The smallest absolute Gasteiger partial charge is 0.174 e. The van der Waals surface area contributed by atoms with Crippen LogP contribution in [-0.4, -0.2) is 19.3 Å². The van der Waals surface area contributed by atoms with E-state index in [-0.39, 0.29) is 0 Å². The van der Waals surface area contributed by atoms with Crippen molar-refractivity contribution in [2.75, 3.05) is 0 Å². The maximum atomic E-state index is 4.33. The summed E-state index contributed by atoms with van der Waals surface area (Å²) in [6.07, 6.45) is 3.37. The minimum Gasteiger partial charge on any atom is -0.253 e.